The molecule has 0 nitrogen and oxygen atoms in total. The molecule has 0 heterocycles. The highest BCUT2D eigenvalue weighted by Crippen LogP contribution is 2.45. The van der Waals surface area contributed by atoms with Gasteiger partial charge in [0.25, 0.3) is 0 Å². The molecule has 0 amide bonds. The lowest BCUT2D eigenvalue weighted by atomic mass is 9.68. The molecular formula is C26H32F3I. The van der Waals surface area contributed by atoms with Crippen molar-refractivity contribution >= 4 is 33.4 Å². The summed E-state index contributed by atoms with van der Waals surface area (Å²) in [5.41, 5.74) is 0.920. The molecule has 2 saturated carbocycles. The summed E-state index contributed by atoms with van der Waals surface area (Å²) in [5.74, 6) is 0.0601. The van der Waals surface area contributed by atoms with Crippen LogP contribution in [0.15, 0.2) is 18.2 Å². The molecule has 0 unspecified atom stereocenters. The molecule has 4 heteroatoms. The topological polar surface area (TPSA) is 0 Å². The first-order valence-corrected chi connectivity index (χ1v) is 13.2. The summed E-state index contributed by atoms with van der Waals surface area (Å²) in [6.07, 6.45) is 10.7. The molecule has 2 aliphatic carbocycles. The van der Waals surface area contributed by atoms with E-state index < -0.39 is 17.5 Å². The van der Waals surface area contributed by atoms with Gasteiger partial charge in [0.1, 0.15) is 5.82 Å². The van der Waals surface area contributed by atoms with Crippen LogP contribution in [0.4, 0.5) is 13.2 Å². The highest BCUT2D eigenvalue weighted by Gasteiger charge is 2.32. The Morgan fingerprint density at radius 1 is 0.833 bits per heavy atom. The predicted octanol–water partition coefficient (Wildman–Crippen LogP) is 8.72. The van der Waals surface area contributed by atoms with Gasteiger partial charge in [0.2, 0.25) is 0 Å². The number of hydrogen-bond donors (Lipinski definition) is 0. The molecule has 0 spiro atoms. The zero-order valence-electron chi connectivity index (χ0n) is 17.8. The van der Waals surface area contributed by atoms with Crippen LogP contribution < -0.4 is 0 Å². The van der Waals surface area contributed by atoms with Crippen molar-refractivity contribution in [2.75, 3.05) is 4.43 Å². The molecule has 2 aliphatic rings. The Labute approximate surface area is 192 Å². The number of halogens is 4. The fourth-order valence-electron chi connectivity index (χ4n) is 5.92. The van der Waals surface area contributed by atoms with Crippen molar-refractivity contribution in [3.05, 3.63) is 46.8 Å². The highest BCUT2D eigenvalue weighted by molar-refractivity contribution is 14.1. The summed E-state index contributed by atoms with van der Waals surface area (Å²) >= 11 is 2.51. The molecule has 0 bridgehead atoms. The summed E-state index contributed by atoms with van der Waals surface area (Å²) in [4.78, 5) is 0. The summed E-state index contributed by atoms with van der Waals surface area (Å²) in [7, 11) is 0. The minimum Gasteiger partial charge on any atom is -0.206 e. The van der Waals surface area contributed by atoms with Gasteiger partial charge in [-0.3, -0.25) is 0 Å². The predicted molar refractivity (Wildman–Crippen MR) is 127 cm³/mol. The van der Waals surface area contributed by atoms with E-state index in [0.29, 0.717) is 22.9 Å². The second kappa shape index (κ2) is 9.79. The van der Waals surface area contributed by atoms with E-state index >= 15 is 4.39 Å². The third kappa shape index (κ3) is 4.40. The first-order chi connectivity index (χ1) is 14.5. The van der Waals surface area contributed by atoms with E-state index in [1.807, 2.05) is 6.92 Å². The maximum Gasteiger partial charge on any atom is 0.169 e. The molecule has 2 aromatic carbocycles. The maximum atomic E-state index is 15.0. The zero-order valence-corrected chi connectivity index (χ0v) is 20.0. The third-order valence-corrected chi connectivity index (χ3v) is 8.98. The van der Waals surface area contributed by atoms with E-state index in [-0.39, 0.29) is 11.3 Å². The van der Waals surface area contributed by atoms with Gasteiger partial charge in [-0.1, -0.05) is 48.1 Å². The molecule has 0 saturated heterocycles. The lowest BCUT2D eigenvalue weighted by Gasteiger charge is -2.37. The average molecular weight is 528 g/mol. The Balaban J connectivity index is 1.50. The van der Waals surface area contributed by atoms with E-state index in [1.165, 1.54) is 30.1 Å². The minimum atomic E-state index is -1.00. The van der Waals surface area contributed by atoms with Crippen LogP contribution in [-0.4, -0.2) is 4.43 Å². The normalized spacial score (nSPS) is 27.5. The lowest BCUT2D eigenvalue weighted by Crippen LogP contribution is -2.26. The summed E-state index contributed by atoms with van der Waals surface area (Å²) < 4.78 is 46.0. The molecule has 0 atom stereocenters. The van der Waals surface area contributed by atoms with Crippen LogP contribution in [0.3, 0.4) is 0 Å². The van der Waals surface area contributed by atoms with E-state index in [0.717, 1.165) is 49.9 Å². The van der Waals surface area contributed by atoms with E-state index in [2.05, 4.69) is 22.6 Å². The SMILES string of the molecule is CCCc1ccc2cc(C3CCC(C4CCC(CI)CC4)CC3)c(F)c(F)c2c1F. The Kier molecular flexibility index (Phi) is 7.31. The van der Waals surface area contributed by atoms with Gasteiger partial charge in [-0.05, 0) is 104 Å². The van der Waals surface area contributed by atoms with Crippen LogP contribution in [0.1, 0.15) is 81.8 Å². The average Bonchev–Trinajstić information content (AvgIpc) is 2.78. The van der Waals surface area contributed by atoms with Gasteiger partial charge < -0.3 is 0 Å². The van der Waals surface area contributed by atoms with Crippen LogP contribution in [0.5, 0.6) is 0 Å². The minimum absolute atomic E-state index is 0.0456. The van der Waals surface area contributed by atoms with Gasteiger partial charge in [0.05, 0.1) is 5.39 Å². The quantitative estimate of drug-likeness (QED) is 0.269. The molecule has 0 radical (unpaired) electrons. The fraction of sp³-hybridized carbons (Fsp3) is 0.615. The van der Waals surface area contributed by atoms with Crippen molar-refractivity contribution in [2.45, 2.75) is 77.0 Å². The van der Waals surface area contributed by atoms with Crippen LogP contribution in [0.2, 0.25) is 0 Å². The van der Waals surface area contributed by atoms with Crippen LogP contribution in [0, 0.1) is 35.2 Å². The van der Waals surface area contributed by atoms with Gasteiger partial charge in [-0.15, -0.1) is 0 Å². The van der Waals surface area contributed by atoms with E-state index in [9.17, 15) is 8.78 Å². The van der Waals surface area contributed by atoms with E-state index in [4.69, 9.17) is 0 Å². The van der Waals surface area contributed by atoms with Crippen molar-refractivity contribution < 1.29 is 13.2 Å². The number of alkyl halides is 1. The summed E-state index contributed by atoms with van der Waals surface area (Å²) in [6.45, 7) is 1.95. The van der Waals surface area contributed by atoms with Gasteiger partial charge >= 0.3 is 0 Å². The highest BCUT2D eigenvalue weighted by atomic mass is 127. The zero-order chi connectivity index (χ0) is 21.3. The monoisotopic (exact) mass is 528 g/mol. The van der Waals surface area contributed by atoms with E-state index in [1.54, 1.807) is 18.2 Å². The Morgan fingerprint density at radius 2 is 1.47 bits per heavy atom. The van der Waals surface area contributed by atoms with Crippen LogP contribution in [-0.2, 0) is 6.42 Å². The van der Waals surface area contributed by atoms with Gasteiger partial charge in [-0.25, -0.2) is 13.2 Å². The smallest absolute Gasteiger partial charge is 0.169 e. The number of fused-ring (bicyclic) bond motifs is 1. The first kappa shape index (κ1) is 22.4. The van der Waals surface area contributed by atoms with Gasteiger partial charge in [-0.2, -0.15) is 0 Å². The molecule has 0 aliphatic heterocycles. The Morgan fingerprint density at radius 3 is 2.07 bits per heavy atom. The largest absolute Gasteiger partial charge is 0.206 e. The molecule has 30 heavy (non-hydrogen) atoms. The lowest BCUT2D eigenvalue weighted by molar-refractivity contribution is 0.166. The summed E-state index contributed by atoms with van der Waals surface area (Å²) in [6, 6.07) is 5.20. The maximum absolute atomic E-state index is 15.0. The van der Waals surface area contributed by atoms with Crippen molar-refractivity contribution in [1.29, 1.82) is 0 Å². The van der Waals surface area contributed by atoms with Crippen molar-refractivity contribution in [2.24, 2.45) is 17.8 Å². The van der Waals surface area contributed by atoms with Gasteiger partial charge in [0.15, 0.2) is 11.6 Å². The van der Waals surface area contributed by atoms with Crippen molar-refractivity contribution in [3.63, 3.8) is 0 Å². The fourth-order valence-corrected chi connectivity index (χ4v) is 6.80. The molecule has 2 aromatic rings. The molecular weight excluding hydrogens is 496 g/mol. The Bertz CT molecular complexity index is 878. The van der Waals surface area contributed by atoms with Crippen molar-refractivity contribution in [1.82, 2.24) is 0 Å². The summed E-state index contributed by atoms with van der Waals surface area (Å²) in [5, 5.41) is 0.309. The molecule has 2 fully saturated rings. The van der Waals surface area contributed by atoms with Gasteiger partial charge in [0, 0.05) is 4.43 Å². The van der Waals surface area contributed by atoms with Crippen LogP contribution in [0.25, 0.3) is 10.8 Å². The number of aryl methyl sites for hydroxylation is 1. The second-order valence-corrected chi connectivity index (χ2v) is 10.4. The van der Waals surface area contributed by atoms with Crippen LogP contribution >= 0.6 is 22.6 Å². The number of benzene rings is 2. The molecule has 0 N–H and O–H groups in total. The molecule has 0 aromatic heterocycles. The third-order valence-electron chi connectivity index (χ3n) is 7.74. The Hall–Kier alpha value is -0.780. The standard InChI is InChI=1S/C26H32F3I/c1-2-3-20-12-13-21-14-22(25(28)26(29)23(21)24(20)27)19-10-8-18(9-11-19)17-6-4-16(15-30)5-7-17/h12-14,16-19H,2-11,15H2,1H3. The second-order valence-electron chi connectivity index (χ2n) is 9.53. The van der Waals surface area contributed by atoms with Crippen molar-refractivity contribution in [3.8, 4) is 0 Å². The number of rotatable bonds is 5. The first-order valence-electron chi connectivity index (χ1n) is 11.7. The molecule has 164 valence electrons. The number of hydrogen-bond acceptors (Lipinski definition) is 0. The molecule has 4 rings (SSSR count).